The van der Waals surface area contributed by atoms with Crippen LogP contribution < -0.4 is 0 Å². The Morgan fingerprint density at radius 2 is 2.41 bits per heavy atom. The third kappa shape index (κ3) is 2.57. The van der Waals surface area contributed by atoms with E-state index in [-0.39, 0.29) is 5.78 Å². The average Bonchev–Trinajstić information content (AvgIpc) is 2.78. The standard InChI is InChI=1S/C13H20N2O2/c1-3-7-15-10-11(9-14-15)12(16)13(2)6-4-5-8-17-13/h9-10H,3-8H2,1-2H3. The van der Waals surface area contributed by atoms with Crippen LogP contribution in [-0.4, -0.2) is 27.8 Å². The number of nitrogens with zero attached hydrogens (tertiary/aromatic N) is 2. The number of aryl methyl sites for hydroxylation is 1. The van der Waals surface area contributed by atoms with E-state index in [1.807, 2.05) is 17.8 Å². The molecule has 1 unspecified atom stereocenters. The molecule has 0 amide bonds. The van der Waals surface area contributed by atoms with Crippen molar-refractivity contribution in [2.24, 2.45) is 0 Å². The third-order valence-corrected chi connectivity index (χ3v) is 3.30. The lowest BCUT2D eigenvalue weighted by Crippen LogP contribution is -2.41. The molecule has 1 aromatic heterocycles. The maximum atomic E-state index is 12.4. The minimum absolute atomic E-state index is 0.0690. The van der Waals surface area contributed by atoms with Gasteiger partial charge < -0.3 is 4.74 Å². The highest BCUT2D eigenvalue weighted by molar-refractivity contribution is 6.01. The Labute approximate surface area is 102 Å². The second kappa shape index (κ2) is 5.00. The van der Waals surface area contributed by atoms with Crippen molar-refractivity contribution in [3.8, 4) is 0 Å². The summed E-state index contributed by atoms with van der Waals surface area (Å²) in [7, 11) is 0. The van der Waals surface area contributed by atoms with Gasteiger partial charge in [0, 0.05) is 19.3 Å². The molecule has 2 heterocycles. The number of ketones is 1. The van der Waals surface area contributed by atoms with Gasteiger partial charge in [0.25, 0.3) is 0 Å². The van der Waals surface area contributed by atoms with Crippen LogP contribution in [0.15, 0.2) is 12.4 Å². The molecule has 1 atom stereocenters. The van der Waals surface area contributed by atoms with Crippen molar-refractivity contribution in [1.82, 2.24) is 9.78 Å². The maximum Gasteiger partial charge on any atom is 0.197 e. The van der Waals surface area contributed by atoms with Gasteiger partial charge in [-0.1, -0.05) is 6.92 Å². The number of rotatable bonds is 4. The first-order valence-corrected chi connectivity index (χ1v) is 6.37. The molecule has 4 heteroatoms. The van der Waals surface area contributed by atoms with E-state index in [1.165, 1.54) is 0 Å². The Bertz CT molecular complexity index is 392. The van der Waals surface area contributed by atoms with Gasteiger partial charge in [0.2, 0.25) is 0 Å². The summed E-state index contributed by atoms with van der Waals surface area (Å²) in [5.74, 6) is 0.0690. The fraction of sp³-hybridized carbons (Fsp3) is 0.692. The smallest absolute Gasteiger partial charge is 0.197 e. The first kappa shape index (κ1) is 12.3. The molecule has 1 aliphatic heterocycles. The Balaban J connectivity index is 2.12. The van der Waals surface area contributed by atoms with Crippen LogP contribution in [0.5, 0.6) is 0 Å². The van der Waals surface area contributed by atoms with Crippen molar-refractivity contribution >= 4 is 5.78 Å². The molecule has 0 bridgehead atoms. The minimum Gasteiger partial charge on any atom is -0.367 e. The summed E-state index contributed by atoms with van der Waals surface area (Å²) in [5, 5.41) is 4.19. The molecule has 0 radical (unpaired) electrons. The Kier molecular flexibility index (Phi) is 3.62. The van der Waals surface area contributed by atoms with Crippen molar-refractivity contribution in [2.45, 2.75) is 51.7 Å². The molecule has 0 N–H and O–H groups in total. The Hall–Kier alpha value is -1.16. The second-order valence-corrected chi connectivity index (χ2v) is 4.86. The Morgan fingerprint density at radius 3 is 3.06 bits per heavy atom. The zero-order valence-corrected chi connectivity index (χ0v) is 10.6. The molecule has 94 valence electrons. The van der Waals surface area contributed by atoms with Crippen molar-refractivity contribution in [2.75, 3.05) is 6.61 Å². The first-order chi connectivity index (χ1) is 8.15. The topological polar surface area (TPSA) is 44.1 Å². The summed E-state index contributed by atoms with van der Waals surface area (Å²) in [6, 6.07) is 0. The van der Waals surface area contributed by atoms with Gasteiger partial charge in [0.1, 0.15) is 5.60 Å². The first-order valence-electron chi connectivity index (χ1n) is 6.37. The number of aromatic nitrogens is 2. The van der Waals surface area contributed by atoms with Crippen molar-refractivity contribution < 1.29 is 9.53 Å². The van der Waals surface area contributed by atoms with Gasteiger partial charge in [0.15, 0.2) is 5.78 Å². The average molecular weight is 236 g/mol. The largest absolute Gasteiger partial charge is 0.367 e. The maximum absolute atomic E-state index is 12.4. The quantitative estimate of drug-likeness (QED) is 0.754. The van der Waals surface area contributed by atoms with E-state index < -0.39 is 5.60 Å². The van der Waals surface area contributed by atoms with Gasteiger partial charge in [-0.05, 0) is 32.6 Å². The number of ether oxygens (including phenoxy) is 1. The van der Waals surface area contributed by atoms with Gasteiger partial charge in [-0.3, -0.25) is 9.48 Å². The van der Waals surface area contributed by atoms with E-state index in [1.54, 1.807) is 6.20 Å². The van der Waals surface area contributed by atoms with Gasteiger partial charge in [-0.25, -0.2) is 0 Å². The number of hydrogen-bond acceptors (Lipinski definition) is 3. The van der Waals surface area contributed by atoms with Gasteiger partial charge >= 0.3 is 0 Å². The fourth-order valence-electron chi connectivity index (χ4n) is 2.25. The normalized spacial score (nSPS) is 24.8. The van der Waals surface area contributed by atoms with E-state index in [2.05, 4.69) is 12.0 Å². The molecular formula is C13H20N2O2. The summed E-state index contributed by atoms with van der Waals surface area (Å²) in [4.78, 5) is 12.4. The van der Waals surface area contributed by atoms with Crippen molar-refractivity contribution in [1.29, 1.82) is 0 Å². The van der Waals surface area contributed by atoms with Crippen molar-refractivity contribution in [3.63, 3.8) is 0 Å². The molecule has 0 spiro atoms. The molecule has 0 saturated carbocycles. The molecule has 0 aromatic carbocycles. The predicted octanol–water partition coefficient (Wildman–Crippen LogP) is 2.44. The lowest BCUT2D eigenvalue weighted by atomic mass is 9.89. The SMILES string of the molecule is CCCn1cc(C(=O)C2(C)CCCCO2)cn1. The number of carbonyl (C=O) groups is 1. The van der Waals surface area contributed by atoms with E-state index in [0.29, 0.717) is 12.2 Å². The van der Waals surface area contributed by atoms with E-state index >= 15 is 0 Å². The molecule has 1 fully saturated rings. The van der Waals surface area contributed by atoms with Gasteiger partial charge in [-0.15, -0.1) is 0 Å². The highest BCUT2D eigenvalue weighted by Gasteiger charge is 2.37. The second-order valence-electron chi connectivity index (χ2n) is 4.86. The molecule has 1 aliphatic rings. The zero-order valence-electron chi connectivity index (χ0n) is 10.6. The number of hydrogen-bond donors (Lipinski definition) is 0. The summed E-state index contributed by atoms with van der Waals surface area (Å²) < 4.78 is 7.48. The summed E-state index contributed by atoms with van der Waals surface area (Å²) in [6.07, 6.45) is 7.42. The van der Waals surface area contributed by atoms with Crippen LogP contribution in [0.4, 0.5) is 0 Å². The summed E-state index contributed by atoms with van der Waals surface area (Å²) in [6.45, 7) is 5.52. The molecule has 2 rings (SSSR count). The third-order valence-electron chi connectivity index (χ3n) is 3.30. The lowest BCUT2D eigenvalue weighted by Gasteiger charge is -2.31. The molecular weight excluding hydrogens is 216 g/mol. The fourth-order valence-corrected chi connectivity index (χ4v) is 2.25. The number of carbonyl (C=O) groups excluding carboxylic acids is 1. The van der Waals surface area contributed by atoms with Crippen LogP contribution >= 0.6 is 0 Å². The Morgan fingerprint density at radius 1 is 1.59 bits per heavy atom. The summed E-state index contributed by atoms with van der Waals surface area (Å²) in [5.41, 5.74) is 0.0288. The van der Waals surface area contributed by atoms with Gasteiger partial charge in [0.05, 0.1) is 11.8 Å². The molecule has 4 nitrogen and oxygen atoms in total. The van der Waals surface area contributed by atoms with Crippen LogP contribution in [0, 0.1) is 0 Å². The molecule has 17 heavy (non-hydrogen) atoms. The number of Topliss-reactive ketones (excluding diaryl/α,β-unsaturated/α-hetero) is 1. The monoisotopic (exact) mass is 236 g/mol. The van der Waals surface area contributed by atoms with Crippen LogP contribution in [0.1, 0.15) is 49.9 Å². The van der Waals surface area contributed by atoms with Crippen molar-refractivity contribution in [3.05, 3.63) is 18.0 Å². The molecule has 1 aromatic rings. The van der Waals surface area contributed by atoms with Crippen LogP contribution in [-0.2, 0) is 11.3 Å². The zero-order chi connectivity index (χ0) is 12.3. The molecule has 1 saturated heterocycles. The summed E-state index contributed by atoms with van der Waals surface area (Å²) >= 11 is 0. The van der Waals surface area contributed by atoms with Crippen LogP contribution in [0.3, 0.4) is 0 Å². The highest BCUT2D eigenvalue weighted by atomic mass is 16.5. The minimum atomic E-state index is -0.641. The van der Waals surface area contributed by atoms with Crippen LogP contribution in [0.25, 0.3) is 0 Å². The van der Waals surface area contributed by atoms with E-state index in [0.717, 1.165) is 32.2 Å². The molecule has 0 aliphatic carbocycles. The van der Waals surface area contributed by atoms with Crippen LogP contribution in [0.2, 0.25) is 0 Å². The predicted molar refractivity (Wildman–Crippen MR) is 65.1 cm³/mol. The lowest BCUT2D eigenvalue weighted by molar-refractivity contribution is -0.0426. The van der Waals surface area contributed by atoms with E-state index in [9.17, 15) is 4.79 Å². The van der Waals surface area contributed by atoms with Gasteiger partial charge in [-0.2, -0.15) is 5.10 Å². The highest BCUT2D eigenvalue weighted by Crippen LogP contribution is 2.28. The van der Waals surface area contributed by atoms with E-state index in [4.69, 9.17) is 4.74 Å².